The second-order valence-corrected chi connectivity index (χ2v) is 6.07. The number of halogens is 1. The zero-order valence-corrected chi connectivity index (χ0v) is 15.6. The van der Waals surface area contributed by atoms with Crippen molar-refractivity contribution in [1.29, 1.82) is 0 Å². The molecular weight excluding hydrogens is 358 g/mol. The fourth-order valence-corrected chi connectivity index (χ4v) is 2.99. The van der Waals surface area contributed by atoms with E-state index in [1.807, 2.05) is 78.9 Å². The maximum absolute atomic E-state index is 12.3. The van der Waals surface area contributed by atoms with E-state index in [0.717, 1.165) is 16.7 Å². The van der Waals surface area contributed by atoms with Crippen LogP contribution in [0.15, 0.2) is 101 Å². The molecule has 0 heterocycles. The van der Waals surface area contributed by atoms with Gasteiger partial charge in [-0.3, -0.25) is 0 Å². The summed E-state index contributed by atoms with van der Waals surface area (Å²) in [7, 11) is 1.33. The standard InChI is InChI=1S/C23H18ClNO2/c1-27-23(26)21(19-15-9-4-10-16-19)25-22(24)20(17-11-5-2-6-12-17)18-13-7-3-8-14-18/h2-16H,1H3. The van der Waals surface area contributed by atoms with Gasteiger partial charge in [0.05, 0.1) is 7.11 Å². The second kappa shape index (κ2) is 8.97. The zero-order chi connectivity index (χ0) is 19.1. The van der Waals surface area contributed by atoms with Crippen LogP contribution < -0.4 is 0 Å². The van der Waals surface area contributed by atoms with Crippen LogP contribution in [0.1, 0.15) is 16.7 Å². The normalized spacial score (nSPS) is 11.0. The fraction of sp³-hybridized carbons (Fsp3) is 0.0435. The van der Waals surface area contributed by atoms with Crippen LogP contribution in [0.25, 0.3) is 5.57 Å². The molecule has 0 spiro atoms. The molecule has 0 aromatic heterocycles. The van der Waals surface area contributed by atoms with Gasteiger partial charge in [-0.05, 0) is 11.1 Å². The Morgan fingerprint density at radius 3 is 1.56 bits per heavy atom. The monoisotopic (exact) mass is 375 g/mol. The SMILES string of the molecule is COC(=O)C(=NC(Cl)=C(c1ccccc1)c1ccccc1)c1ccccc1. The summed E-state index contributed by atoms with van der Waals surface area (Å²) in [6.07, 6.45) is 0. The van der Waals surface area contributed by atoms with Crippen molar-refractivity contribution in [3.63, 3.8) is 0 Å². The van der Waals surface area contributed by atoms with Crippen LogP contribution >= 0.6 is 11.6 Å². The van der Waals surface area contributed by atoms with Crippen LogP contribution in [0.5, 0.6) is 0 Å². The second-order valence-electron chi connectivity index (χ2n) is 5.72. The third-order valence-corrected chi connectivity index (χ3v) is 4.24. The number of rotatable bonds is 5. The molecule has 3 aromatic rings. The van der Waals surface area contributed by atoms with Gasteiger partial charge >= 0.3 is 5.97 Å². The van der Waals surface area contributed by atoms with Crippen LogP contribution in [0.3, 0.4) is 0 Å². The van der Waals surface area contributed by atoms with Crippen LogP contribution in [0, 0.1) is 0 Å². The molecule has 0 aliphatic carbocycles. The van der Waals surface area contributed by atoms with Crippen LogP contribution in [-0.4, -0.2) is 18.8 Å². The molecule has 0 unspecified atom stereocenters. The van der Waals surface area contributed by atoms with E-state index in [4.69, 9.17) is 16.3 Å². The molecule has 0 fully saturated rings. The quantitative estimate of drug-likeness (QED) is 0.344. The molecule has 27 heavy (non-hydrogen) atoms. The molecule has 0 aliphatic rings. The molecular formula is C23H18ClNO2. The van der Waals surface area contributed by atoms with Crippen molar-refractivity contribution < 1.29 is 9.53 Å². The topological polar surface area (TPSA) is 38.7 Å². The van der Waals surface area contributed by atoms with Gasteiger partial charge in [-0.2, -0.15) is 0 Å². The van der Waals surface area contributed by atoms with Crippen LogP contribution in [0.2, 0.25) is 0 Å². The predicted molar refractivity (Wildman–Crippen MR) is 110 cm³/mol. The molecule has 0 saturated carbocycles. The van der Waals surface area contributed by atoms with E-state index in [1.54, 1.807) is 12.1 Å². The van der Waals surface area contributed by atoms with Gasteiger partial charge in [0, 0.05) is 11.1 Å². The molecule has 0 aliphatic heterocycles. The smallest absolute Gasteiger partial charge is 0.357 e. The van der Waals surface area contributed by atoms with E-state index in [0.29, 0.717) is 5.56 Å². The zero-order valence-electron chi connectivity index (χ0n) is 14.8. The molecule has 0 bridgehead atoms. The summed E-state index contributed by atoms with van der Waals surface area (Å²) in [6.45, 7) is 0. The Morgan fingerprint density at radius 1 is 0.741 bits per heavy atom. The average molecular weight is 376 g/mol. The molecule has 134 valence electrons. The molecule has 0 N–H and O–H groups in total. The number of esters is 1. The van der Waals surface area contributed by atoms with Crippen molar-refractivity contribution >= 4 is 28.9 Å². The van der Waals surface area contributed by atoms with Crippen LogP contribution in [-0.2, 0) is 9.53 Å². The Bertz CT molecular complexity index is 924. The third-order valence-electron chi connectivity index (χ3n) is 3.97. The number of benzene rings is 3. The highest BCUT2D eigenvalue weighted by Gasteiger charge is 2.17. The molecule has 0 radical (unpaired) electrons. The Kier molecular flexibility index (Phi) is 6.18. The van der Waals surface area contributed by atoms with Crippen molar-refractivity contribution in [1.82, 2.24) is 0 Å². The minimum absolute atomic E-state index is 0.160. The van der Waals surface area contributed by atoms with Crippen molar-refractivity contribution in [2.75, 3.05) is 7.11 Å². The lowest BCUT2D eigenvalue weighted by atomic mass is 9.99. The lowest BCUT2D eigenvalue weighted by molar-refractivity contribution is -0.132. The number of ether oxygens (including phenoxy) is 1. The van der Waals surface area contributed by atoms with E-state index in [2.05, 4.69) is 4.99 Å². The van der Waals surface area contributed by atoms with Gasteiger partial charge in [0.25, 0.3) is 0 Å². The Labute approximate surface area is 163 Å². The number of hydrogen-bond acceptors (Lipinski definition) is 3. The fourth-order valence-electron chi connectivity index (χ4n) is 2.69. The van der Waals surface area contributed by atoms with Gasteiger partial charge in [0.15, 0.2) is 5.71 Å². The van der Waals surface area contributed by atoms with Gasteiger partial charge in [-0.25, -0.2) is 9.79 Å². The third kappa shape index (κ3) is 4.52. The van der Waals surface area contributed by atoms with E-state index < -0.39 is 5.97 Å². The summed E-state index contributed by atoms with van der Waals surface area (Å²) in [5.41, 5.74) is 3.37. The Balaban J connectivity index is 2.21. The average Bonchev–Trinajstić information content (AvgIpc) is 2.74. The van der Waals surface area contributed by atoms with Gasteiger partial charge in [-0.15, -0.1) is 0 Å². The molecule has 4 heteroatoms. The van der Waals surface area contributed by atoms with E-state index in [1.165, 1.54) is 7.11 Å². The molecule has 0 saturated heterocycles. The number of carbonyl (C=O) groups excluding carboxylic acids is 1. The first kappa shape index (κ1) is 18.6. The molecule has 0 amide bonds. The minimum Gasteiger partial charge on any atom is -0.464 e. The minimum atomic E-state index is -0.542. The number of nitrogens with zero attached hydrogens (tertiary/aromatic N) is 1. The van der Waals surface area contributed by atoms with Crippen molar-refractivity contribution in [3.05, 3.63) is 113 Å². The summed E-state index contributed by atoms with van der Waals surface area (Å²) in [6, 6.07) is 28.6. The maximum Gasteiger partial charge on any atom is 0.357 e. The first-order chi connectivity index (χ1) is 13.2. The maximum atomic E-state index is 12.3. The highest BCUT2D eigenvalue weighted by molar-refractivity contribution is 6.45. The molecule has 0 atom stereocenters. The summed E-state index contributed by atoms with van der Waals surface area (Å²) in [5, 5.41) is 0.219. The highest BCUT2D eigenvalue weighted by atomic mass is 35.5. The summed E-state index contributed by atoms with van der Waals surface area (Å²) < 4.78 is 4.91. The highest BCUT2D eigenvalue weighted by Crippen LogP contribution is 2.30. The summed E-state index contributed by atoms with van der Waals surface area (Å²) in [5.74, 6) is -0.542. The first-order valence-corrected chi connectivity index (χ1v) is 8.81. The first-order valence-electron chi connectivity index (χ1n) is 8.43. The van der Waals surface area contributed by atoms with Crippen LogP contribution in [0.4, 0.5) is 0 Å². The Hall–Kier alpha value is -3.17. The lowest BCUT2D eigenvalue weighted by Gasteiger charge is -2.11. The van der Waals surface area contributed by atoms with Gasteiger partial charge in [0.2, 0.25) is 0 Å². The van der Waals surface area contributed by atoms with Crippen molar-refractivity contribution in [2.24, 2.45) is 4.99 Å². The molecule has 3 rings (SSSR count). The van der Waals surface area contributed by atoms with Gasteiger partial charge < -0.3 is 4.74 Å². The summed E-state index contributed by atoms with van der Waals surface area (Å²) >= 11 is 6.65. The van der Waals surface area contributed by atoms with E-state index in [-0.39, 0.29) is 10.9 Å². The number of carbonyl (C=O) groups is 1. The number of aliphatic imine (C=N–C) groups is 1. The summed E-state index contributed by atoms with van der Waals surface area (Å²) in [4.78, 5) is 16.8. The number of hydrogen-bond donors (Lipinski definition) is 0. The number of methoxy groups -OCH3 is 1. The van der Waals surface area contributed by atoms with Gasteiger partial charge in [-0.1, -0.05) is 103 Å². The lowest BCUT2D eigenvalue weighted by Crippen LogP contribution is -2.17. The van der Waals surface area contributed by atoms with E-state index in [9.17, 15) is 4.79 Å². The van der Waals surface area contributed by atoms with E-state index >= 15 is 0 Å². The Morgan fingerprint density at radius 2 is 1.15 bits per heavy atom. The predicted octanol–water partition coefficient (Wildman–Crippen LogP) is 5.30. The molecule has 3 nitrogen and oxygen atoms in total. The van der Waals surface area contributed by atoms with Crippen molar-refractivity contribution in [3.8, 4) is 0 Å². The van der Waals surface area contributed by atoms with Crippen molar-refractivity contribution in [2.45, 2.75) is 0 Å². The van der Waals surface area contributed by atoms with Gasteiger partial charge in [0.1, 0.15) is 5.16 Å². The largest absolute Gasteiger partial charge is 0.464 e. The molecule has 3 aromatic carbocycles.